The Bertz CT molecular complexity index is 990. The molecule has 27 heavy (non-hydrogen) atoms. The Balaban J connectivity index is 1.90. The van der Waals surface area contributed by atoms with E-state index in [0.29, 0.717) is 0 Å². The number of nitrogens with zero attached hydrogens (tertiary/aromatic N) is 3. The Kier molecular flexibility index (Phi) is 4.77. The molecule has 0 bridgehead atoms. The van der Waals surface area contributed by atoms with Gasteiger partial charge in [-0.3, -0.25) is 0 Å². The Morgan fingerprint density at radius 1 is 1.22 bits per heavy atom. The van der Waals surface area contributed by atoms with Crippen LogP contribution in [0.15, 0.2) is 18.2 Å². The maximum Gasteiger partial charge on any atom is 0.165 e. The fraction of sp³-hybridized carbons (Fsp3) is 0.455. The maximum atomic E-state index is 5.37. The number of unbranched alkanes of at least 4 members (excludes halogenated alkanes) is 1. The minimum absolute atomic E-state index is 0.876. The topological polar surface area (TPSA) is 51.5 Å². The van der Waals surface area contributed by atoms with Gasteiger partial charge < -0.3 is 10.1 Å². The molecular formula is C22H28N4O. The molecule has 0 aliphatic heterocycles. The number of anilines is 1. The zero-order valence-electron chi connectivity index (χ0n) is 16.7. The van der Waals surface area contributed by atoms with Crippen LogP contribution >= 0.6 is 0 Å². The van der Waals surface area contributed by atoms with Gasteiger partial charge in [0.05, 0.1) is 12.8 Å². The van der Waals surface area contributed by atoms with Crippen molar-refractivity contribution in [2.75, 3.05) is 19.0 Å². The lowest BCUT2D eigenvalue weighted by Gasteiger charge is -2.13. The van der Waals surface area contributed by atoms with E-state index in [1.54, 1.807) is 7.11 Å². The predicted molar refractivity (Wildman–Crippen MR) is 110 cm³/mol. The van der Waals surface area contributed by atoms with Gasteiger partial charge in [0.2, 0.25) is 0 Å². The monoisotopic (exact) mass is 364 g/mol. The molecule has 0 saturated carbocycles. The molecule has 1 N–H and O–H groups in total. The van der Waals surface area contributed by atoms with Gasteiger partial charge in [0.25, 0.3) is 0 Å². The number of aromatic nitrogens is 3. The summed E-state index contributed by atoms with van der Waals surface area (Å²) in [5, 5.41) is 8.54. The van der Waals surface area contributed by atoms with E-state index in [1.165, 1.54) is 35.2 Å². The van der Waals surface area contributed by atoms with E-state index in [4.69, 9.17) is 14.8 Å². The molecule has 0 atom stereocenters. The molecule has 5 heteroatoms. The molecular weight excluding hydrogens is 336 g/mol. The second kappa shape index (κ2) is 7.22. The van der Waals surface area contributed by atoms with Gasteiger partial charge in [0.15, 0.2) is 5.65 Å². The molecule has 4 rings (SSSR count). The van der Waals surface area contributed by atoms with Crippen molar-refractivity contribution in [2.24, 2.45) is 0 Å². The fourth-order valence-corrected chi connectivity index (χ4v) is 4.06. The molecule has 2 heterocycles. The van der Waals surface area contributed by atoms with Crippen molar-refractivity contribution in [1.82, 2.24) is 14.6 Å². The molecule has 0 unspecified atom stereocenters. The van der Waals surface area contributed by atoms with Crippen LogP contribution in [0.25, 0.3) is 16.8 Å². The van der Waals surface area contributed by atoms with Crippen molar-refractivity contribution in [3.05, 3.63) is 40.7 Å². The normalized spacial score (nSPS) is 13.2. The summed E-state index contributed by atoms with van der Waals surface area (Å²) in [6, 6.07) is 6.21. The van der Waals surface area contributed by atoms with E-state index >= 15 is 0 Å². The lowest BCUT2D eigenvalue weighted by atomic mass is 10.0. The van der Waals surface area contributed by atoms with E-state index in [1.807, 2.05) is 10.6 Å². The van der Waals surface area contributed by atoms with Crippen LogP contribution in [0.3, 0.4) is 0 Å². The second-order valence-corrected chi connectivity index (χ2v) is 7.40. The van der Waals surface area contributed by atoms with Crippen LogP contribution in [-0.4, -0.2) is 28.3 Å². The third-order valence-electron chi connectivity index (χ3n) is 5.49. The molecule has 0 radical (unpaired) electrons. The number of hydrogen-bond donors (Lipinski definition) is 1. The maximum absolute atomic E-state index is 5.37. The van der Waals surface area contributed by atoms with Gasteiger partial charge >= 0.3 is 0 Å². The zero-order valence-corrected chi connectivity index (χ0v) is 16.7. The molecule has 1 aliphatic rings. The summed E-state index contributed by atoms with van der Waals surface area (Å²) < 4.78 is 7.41. The van der Waals surface area contributed by atoms with Crippen molar-refractivity contribution in [3.8, 4) is 16.9 Å². The van der Waals surface area contributed by atoms with Crippen LogP contribution in [0.5, 0.6) is 5.75 Å². The average molecular weight is 364 g/mol. The summed E-state index contributed by atoms with van der Waals surface area (Å²) in [6.45, 7) is 7.39. The molecule has 0 amide bonds. The van der Waals surface area contributed by atoms with Crippen LogP contribution in [0.1, 0.15) is 48.7 Å². The summed E-state index contributed by atoms with van der Waals surface area (Å²) in [4.78, 5) is 5.05. The van der Waals surface area contributed by atoms with E-state index in [9.17, 15) is 0 Å². The molecule has 0 spiro atoms. The molecule has 2 aromatic heterocycles. The fourth-order valence-electron chi connectivity index (χ4n) is 4.06. The molecule has 3 aromatic rings. The molecule has 1 aliphatic carbocycles. The molecule has 0 saturated heterocycles. The third-order valence-corrected chi connectivity index (χ3v) is 5.49. The Hall–Kier alpha value is -2.56. The van der Waals surface area contributed by atoms with Gasteiger partial charge in [-0.15, -0.1) is 0 Å². The van der Waals surface area contributed by atoms with Crippen LogP contribution in [-0.2, 0) is 12.8 Å². The van der Waals surface area contributed by atoms with Crippen molar-refractivity contribution in [3.63, 3.8) is 0 Å². The first-order valence-electron chi connectivity index (χ1n) is 9.94. The van der Waals surface area contributed by atoms with Crippen molar-refractivity contribution in [2.45, 2.75) is 52.9 Å². The summed E-state index contributed by atoms with van der Waals surface area (Å²) in [6.07, 6.45) is 5.65. The number of benzene rings is 1. The van der Waals surface area contributed by atoms with Gasteiger partial charge in [-0.1, -0.05) is 19.4 Å². The number of nitrogens with one attached hydrogen (secondary N) is 1. The number of aryl methyl sites for hydroxylation is 3. The first-order chi connectivity index (χ1) is 13.1. The lowest BCUT2D eigenvalue weighted by molar-refractivity contribution is 0.414. The first-order valence-corrected chi connectivity index (χ1v) is 9.94. The SMILES string of the molecule is CCCCNc1c2c(nc3c(-c4ccc(OC)cc4C)c(C)nn13)CCC2. The summed E-state index contributed by atoms with van der Waals surface area (Å²) >= 11 is 0. The standard InChI is InChI=1S/C22H28N4O/c1-5-6-12-23-21-18-8-7-9-19(18)24-22-20(15(3)25-26(21)22)17-11-10-16(27-4)13-14(17)2/h10-11,13,23H,5-9,12H2,1-4H3. The van der Waals surface area contributed by atoms with Gasteiger partial charge in [-0.2, -0.15) is 9.61 Å². The van der Waals surface area contributed by atoms with E-state index in [0.717, 1.165) is 54.3 Å². The number of methoxy groups -OCH3 is 1. The van der Waals surface area contributed by atoms with E-state index in [-0.39, 0.29) is 0 Å². The highest BCUT2D eigenvalue weighted by Crippen LogP contribution is 2.36. The van der Waals surface area contributed by atoms with Crippen LogP contribution < -0.4 is 10.1 Å². The second-order valence-electron chi connectivity index (χ2n) is 7.40. The van der Waals surface area contributed by atoms with Crippen LogP contribution in [0.4, 0.5) is 5.82 Å². The summed E-state index contributed by atoms with van der Waals surface area (Å²) in [5.74, 6) is 2.02. The number of ether oxygens (including phenoxy) is 1. The van der Waals surface area contributed by atoms with Crippen molar-refractivity contribution in [1.29, 1.82) is 0 Å². The van der Waals surface area contributed by atoms with Gasteiger partial charge in [-0.25, -0.2) is 4.98 Å². The largest absolute Gasteiger partial charge is 0.497 e. The number of rotatable bonds is 6. The summed E-state index contributed by atoms with van der Waals surface area (Å²) in [5.41, 5.74) is 8.03. The first kappa shape index (κ1) is 17.8. The quantitative estimate of drug-likeness (QED) is 0.643. The van der Waals surface area contributed by atoms with Gasteiger partial charge in [0.1, 0.15) is 11.6 Å². The highest BCUT2D eigenvalue weighted by atomic mass is 16.5. The van der Waals surface area contributed by atoms with Crippen LogP contribution in [0, 0.1) is 13.8 Å². The summed E-state index contributed by atoms with van der Waals surface area (Å²) in [7, 11) is 1.70. The Morgan fingerprint density at radius 3 is 2.81 bits per heavy atom. The van der Waals surface area contributed by atoms with E-state index in [2.05, 4.69) is 38.2 Å². The molecule has 142 valence electrons. The lowest BCUT2D eigenvalue weighted by Crippen LogP contribution is -2.11. The minimum Gasteiger partial charge on any atom is -0.497 e. The molecule has 5 nitrogen and oxygen atoms in total. The van der Waals surface area contributed by atoms with Crippen molar-refractivity contribution >= 4 is 11.5 Å². The predicted octanol–water partition coefficient (Wildman–Crippen LogP) is 4.72. The smallest absolute Gasteiger partial charge is 0.165 e. The molecule has 0 fully saturated rings. The Labute approximate surface area is 160 Å². The molecule has 1 aromatic carbocycles. The average Bonchev–Trinajstić information content (AvgIpc) is 3.25. The Morgan fingerprint density at radius 2 is 2.07 bits per heavy atom. The number of fused-ring (bicyclic) bond motifs is 2. The van der Waals surface area contributed by atoms with Gasteiger partial charge in [-0.05, 0) is 62.8 Å². The van der Waals surface area contributed by atoms with Crippen LogP contribution in [0.2, 0.25) is 0 Å². The zero-order chi connectivity index (χ0) is 19.0. The van der Waals surface area contributed by atoms with Gasteiger partial charge in [0, 0.05) is 23.4 Å². The number of hydrogen-bond acceptors (Lipinski definition) is 4. The highest BCUT2D eigenvalue weighted by Gasteiger charge is 2.24. The third kappa shape index (κ3) is 3.05. The highest BCUT2D eigenvalue weighted by molar-refractivity contribution is 5.83. The van der Waals surface area contributed by atoms with E-state index < -0.39 is 0 Å². The minimum atomic E-state index is 0.876. The van der Waals surface area contributed by atoms with Crippen molar-refractivity contribution < 1.29 is 4.74 Å².